The van der Waals surface area contributed by atoms with Crippen LogP contribution in [-0.2, 0) is 5.41 Å². The summed E-state index contributed by atoms with van der Waals surface area (Å²) in [7, 11) is 0. The van der Waals surface area contributed by atoms with Crippen LogP contribution in [0, 0.1) is 6.92 Å². The number of nitrogens with one attached hydrogen (secondary N) is 2. The number of carbonyl (C=O) groups excluding carboxylic acids is 1. The second kappa shape index (κ2) is 5.77. The molecule has 2 aromatic rings. The van der Waals surface area contributed by atoms with E-state index in [0.717, 1.165) is 10.6 Å². The van der Waals surface area contributed by atoms with Crippen LogP contribution in [0.2, 0.25) is 0 Å². The molecule has 1 aromatic carbocycles. The van der Waals surface area contributed by atoms with Crippen molar-refractivity contribution in [3.8, 4) is 0 Å². The molecule has 112 valence electrons. The van der Waals surface area contributed by atoms with Crippen molar-refractivity contribution < 1.29 is 4.79 Å². The van der Waals surface area contributed by atoms with Crippen molar-refractivity contribution in [2.45, 2.75) is 33.1 Å². The Hall–Kier alpha value is -2.01. The van der Waals surface area contributed by atoms with Crippen molar-refractivity contribution in [3.63, 3.8) is 0 Å². The number of aryl methyl sites for hydroxylation is 1. The minimum atomic E-state index is -0.283. The third-order valence-electron chi connectivity index (χ3n) is 3.11. The van der Waals surface area contributed by atoms with Gasteiger partial charge in [-0.25, -0.2) is 4.79 Å². The first kappa shape index (κ1) is 15.4. The predicted molar refractivity (Wildman–Crippen MR) is 91.3 cm³/mol. The number of anilines is 3. The van der Waals surface area contributed by atoms with Gasteiger partial charge >= 0.3 is 6.03 Å². The third kappa shape index (κ3) is 3.76. The molecule has 0 saturated carbocycles. The number of thiophene rings is 1. The number of carbonyl (C=O) groups is 1. The number of hydrogen-bond acceptors (Lipinski definition) is 3. The van der Waals surface area contributed by atoms with Crippen LogP contribution in [0.15, 0.2) is 30.3 Å². The van der Waals surface area contributed by atoms with Crippen molar-refractivity contribution in [1.29, 1.82) is 0 Å². The van der Waals surface area contributed by atoms with E-state index >= 15 is 0 Å². The molecule has 0 atom stereocenters. The number of nitrogens with two attached hydrogens (primary N) is 1. The van der Waals surface area contributed by atoms with Gasteiger partial charge in [-0.1, -0.05) is 32.9 Å². The molecule has 0 spiro atoms. The molecule has 4 nitrogen and oxygen atoms in total. The number of hydrogen-bond donors (Lipinski definition) is 3. The fraction of sp³-hybridized carbons (Fsp3) is 0.312. The lowest BCUT2D eigenvalue weighted by Crippen LogP contribution is -2.20. The van der Waals surface area contributed by atoms with Crippen LogP contribution in [0.1, 0.15) is 30.5 Å². The van der Waals surface area contributed by atoms with Gasteiger partial charge in [0.15, 0.2) is 0 Å². The van der Waals surface area contributed by atoms with Crippen LogP contribution in [0.3, 0.4) is 0 Å². The zero-order chi connectivity index (χ0) is 15.6. The van der Waals surface area contributed by atoms with E-state index in [4.69, 9.17) is 5.73 Å². The molecule has 1 heterocycles. The van der Waals surface area contributed by atoms with Gasteiger partial charge in [-0.15, -0.1) is 11.3 Å². The first-order valence-electron chi connectivity index (χ1n) is 6.81. The molecular formula is C16H21N3OS. The summed E-state index contributed by atoms with van der Waals surface area (Å²) in [5.41, 5.74) is 7.89. The summed E-state index contributed by atoms with van der Waals surface area (Å²) in [5, 5.41) is 5.65. The molecule has 0 saturated heterocycles. The first-order valence-corrected chi connectivity index (χ1v) is 7.62. The summed E-state index contributed by atoms with van der Waals surface area (Å²) < 4.78 is 0. The Kier molecular flexibility index (Phi) is 4.23. The lowest BCUT2D eigenvalue weighted by Gasteiger charge is -2.15. The maximum Gasteiger partial charge on any atom is 0.323 e. The van der Waals surface area contributed by atoms with Crippen LogP contribution in [0.5, 0.6) is 0 Å². The van der Waals surface area contributed by atoms with Crippen molar-refractivity contribution in [2.75, 3.05) is 16.4 Å². The number of nitrogen functional groups attached to an aromatic ring is 1. The normalized spacial score (nSPS) is 11.2. The molecule has 2 amide bonds. The average molecular weight is 303 g/mol. The van der Waals surface area contributed by atoms with Gasteiger partial charge in [0.1, 0.15) is 0 Å². The Morgan fingerprint density at radius 2 is 1.76 bits per heavy atom. The summed E-state index contributed by atoms with van der Waals surface area (Å²) >= 11 is 1.71. The number of para-hydroxylation sites is 2. The second-order valence-corrected chi connectivity index (χ2v) is 7.25. The number of benzene rings is 1. The van der Waals surface area contributed by atoms with Crippen molar-refractivity contribution >= 4 is 34.4 Å². The van der Waals surface area contributed by atoms with Gasteiger partial charge < -0.3 is 16.4 Å². The van der Waals surface area contributed by atoms with E-state index in [2.05, 4.69) is 31.4 Å². The van der Waals surface area contributed by atoms with Gasteiger partial charge in [0.2, 0.25) is 0 Å². The molecule has 0 unspecified atom stereocenters. The second-order valence-electron chi connectivity index (χ2n) is 6.00. The Bertz CT molecular complexity index is 656. The van der Waals surface area contributed by atoms with E-state index in [0.29, 0.717) is 11.4 Å². The van der Waals surface area contributed by atoms with Gasteiger partial charge in [-0.05, 0) is 30.5 Å². The van der Waals surface area contributed by atoms with Gasteiger partial charge in [0, 0.05) is 9.75 Å². The van der Waals surface area contributed by atoms with E-state index in [1.807, 2.05) is 25.1 Å². The van der Waals surface area contributed by atoms with E-state index < -0.39 is 0 Å². The van der Waals surface area contributed by atoms with Gasteiger partial charge in [0.05, 0.1) is 17.1 Å². The van der Waals surface area contributed by atoms with Crippen molar-refractivity contribution in [2.24, 2.45) is 0 Å². The Balaban J connectivity index is 2.10. The Morgan fingerprint density at radius 1 is 1.14 bits per heavy atom. The first-order chi connectivity index (χ1) is 9.77. The molecule has 5 heteroatoms. The fourth-order valence-corrected chi connectivity index (χ4v) is 2.90. The number of urea groups is 1. The maximum absolute atomic E-state index is 12.1. The highest BCUT2D eigenvalue weighted by Gasteiger charge is 2.19. The van der Waals surface area contributed by atoms with E-state index in [-0.39, 0.29) is 11.4 Å². The third-order valence-corrected chi connectivity index (χ3v) is 4.59. The lowest BCUT2D eigenvalue weighted by molar-refractivity contribution is 0.262. The zero-order valence-electron chi connectivity index (χ0n) is 12.8. The fourth-order valence-electron chi connectivity index (χ4n) is 1.86. The molecule has 0 aliphatic heterocycles. The topological polar surface area (TPSA) is 67.2 Å². The number of amides is 2. The summed E-state index contributed by atoms with van der Waals surface area (Å²) in [6, 6.07) is 8.94. The average Bonchev–Trinajstić information content (AvgIpc) is 2.74. The molecule has 1 aromatic heterocycles. The molecule has 2 rings (SSSR count). The maximum atomic E-state index is 12.1. The minimum absolute atomic E-state index is 0.0791. The Morgan fingerprint density at radius 3 is 2.33 bits per heavy atom. The van der Waals surface area contributed by atoms with Crippen molar-refractivity contribution in [1.82, 2.24) is 0 Å². The molecule has 0 bridgehead atoms. The molecular weight excluding hydrogens is 282 g/mol. The largest absolute Gasteiger partial charge is 0.397 e. The van der Waals surface area contributed by atoms with E-state index in [1.165, 1.54) is 4.88 Å². The van der Waals surface area contributed by atoms with Crippen molar-refractivity contribution in [3.05, 3.63) is 40.1 Å². The quantitative estimate of drug-likeness (QED) is 0.711. The van der Waals surface area contributed by atoms with E-state index in [9.17, 15) is 4.79 Å². The predicted octanol–water partition coefficient (Wildman–Crippen LogP) is 4.58. The molecule has 0 aliphatic carbocycles. The van der Waals surface area contributed by atoms with Crippen LogP contribution in [-0.4, -0.2) is 6.03 Å². The van der Waals surface area contributed by atoms with E-state index in [1.54, 1.807) is 23.5 Å². The standard InChI is InChI=1S/C16H21N3OS/c1-10-13(9-14(21-10)16(2,3)4)19-15(20)18-12-8-6-5-7-11(12)17/h5-9H,17H2,1-4H3,(H2,18,19,20). The van der Waals surface area contributed by atoms with Gasteiger partial charge in [-0.3, -0.25) is 0 Å². The van der Waals surface area contributed by atoms with Crippen LogP contribution in [0.4, 0.5) is 21.9 Å². The minimum Gasteiger partial charge on any atom is -0.397 e. The Labute approximate surface area is 129 Å². The van der Waals surface area contributed by atoms with Gasteiger partial charge in [0.25, 0.3) is 0 Å². The highest BCUT2D eigenvalue weighted by molar-refractivity contribution is 7.12. The smallest absolute Gasteiger partial charge is 0.323 e. The van der Waals surface area contributed by atoms with Crippen LogP contribution in [0.25, 0.3) is 0 Å². The summed E-state index contributed by atoms with van der Waals surface area (Å²) in [5.74, 6) is 0. The molecule has 21 heavy (non-hydrogen) atoms. The molecule has 0 radical (unpaired) electrons. The highest BCUT2D eigenvalue weighted by Crippen LogP contribution is 2.34. The summed E-state index contributed by atoms with van der Waals surface area (Å²) in [6.07, 6.45) is 0. The van der Waals surface area contributed by atoms with Crippen LogP contribution < -0.4 is 16.4 Å². The number of rotatable bonds is 2. The molecule has 4 N–H and O–H groups in total. The van der Waals surface area contributed by atoms with Crippen LogP contribution >= 0.6 is 11.3 Å². The highest BCUT2D eigenvalue weighted by atomic mass is 32.1. The lowest BCUT2D eigenvalue weighted by atomic mass is 9.95. The summed E-state index contributed by atoms with van der Waals surface area (Å²) in [6.45, 7) is 8.48. The van der Waals surface area contributed by atoms with Gasteiger partial charge in [-0.2, -0.15) is 0 Å². The summed E-state index contributed by atoms with van der Waals surface area (Å²) in [4.78, 5) is 14.4. The SMILES string of the molecule is Cc1sc(C(C)(C)C)cc1NC(=O)Nc1ccccc1N. The monoisotopic (exact) mass is 303 g/mol. The zero-order valence-corrected chi connectivity index (χ0v) is 13.6. The molecule has 0 fully saturated rings. The molecule has 0 aliphatic rings.